The van der Waals surface area contributed by atoms with Crippen molar-refractivity contribution in [3.63, 3.8) is 0 Å². The van der Waals surface area contributed by atoms with Crippen molar-refractivity contribution in [1.82, 2.24) is 15.0 Å². The Hall–Kier alpha value is -3.15. The van der Waals surface area contributed by atoms with Crippen molar-refractivity contribution >= 4 is 23.1 Å². The van der Waals surface area contributed by atoms with Gasteiger partial charge in [0.2, 0.25) is 0 Å². The van der Waals surface area contributed by atoms with Gasteiger partial charge in [-0.15, -0.1) is 0 Å². The average molecular weight is 406 g/mol. The van der Waals surface area contributed by atoms with Gasteiger partial charge in [0, 0.05) is 30.2 Å². The molecule has 0 amide bonds. The highest BCUT2D eigenvalue weighted by Crippen LogP contribution is 2.35. The number of H-pyrrole nitrogens is 1. The van der Waals surface area contributed by atoms with Gasteiger partial charge in [-0.1, -0.05) is 38.7 Å². The van der Waals surface area contributed by atoms with Crippen LogP contribution < -0.4 is 9.75 Å². The minimum absolute atomic E-state index is 0.709. The summed E-state index contributed by atoms with van der Waals surface area (Å²) in [5, 5.41) is 5.94. The molecule has 6 heteroatoms. The number of nitrogens with one attached hydrogen (secondary N) is 1. The summed E-state index contributed by atoms with van der Waals surface area (Å²) in [4.78, 5) is 12.6. The lowest BCUT2D eigenvalue weighted by molar-refractivity contribution is 0.416. The number of benzene rings is 1. The number of methoxy groups -OCH3 is 1. The number of aryl methyl sites for hydroxylation is 2. The first-order chi connectivity index (χ1) is 14.6. The quantitative estimate of drug-likeness (QED) is 0.408. The van der Waals surface area contributed by atoms with Crippen molar-refractivity contribution in [2.75, 3.05) is 12.1 Å². The number of aromatic amines is 1. The SMILES string of the molecule is C1CCCC1.C=CN(/N=C\C)c1ccc(-c2nc3c(C)c[nH]c3nc2C)c(OC)c1. The average Bonchev–Trinajstić information content (AvgIpc) is 3.45. The zero-order valence-corrected chi connectivity index (χ0v) is 18.4. The van der Waals surface area contributed by atoms with E-state index < -0.39 is 0 Å². The highest BCUT2D eigenvalue weighted by molar-refractivity contribution is 5.81. The standard InChI is InChI=1S/C19H21N5O.C5H10/c1-6-21-24(7-2)14-8-9-15(16(10-14)25-5)18-13(4)22-19-17(23-18)12(3)11-20-19;1-2-4-5-3-1/h6-11H,2H2,1,3-5H3,(H,20,22);1-5H2/b21-6-;. The van der Waals surface area contributed by atoms with E-state index in [9.17, 15) is 0 Å². The maximum Gasteiger partial charge on any atom is 0.156 e. The molecule has 1 aromatic carbocycles. The number of hydrogen-bond donors (Lipinski definition) is 1. The van der Waals surface area contributed by atoms with Crippen LogP contribution in [0, 0.1) is 13.8 Å². The summed E-state index contributed by atoms with van der Waals surface area (Å²) in [7, 11) is 1.65. The Morgan fingerprint density at radius 1 is 1.13 bits per heavy atom. The van der Waals surface area contributed by atoms with Gasteiger partial charge < -0.3 is 9.72 Å². The summed E-state index contributed by atoms with van der Waals surface area (Å²) in [6, 6.07) is 5.85. The van der Waals surface area contributed by atoms with Crippen LogP contribution in [0.3, 0.4) is 0 Å². The van der Waals surface area contributed by atoms with Gasteiger partial charge in [-0.2, -0.15) is 5.10 Å². The first-order valence-electron chi connectivity index (χ1n) is 10.5. The monoisotopic (exact) mass is 405 g/mol. The van der Waals surface area contributed by atoms with Gasteiger partial charge in [-0.25, -0.2) is 15.0 Å². The lowest BCUT2D eigenvalue weighted by Gasteiger charge is -2.17. The Morgan fingerprint density at radius 3 is 2.43 bits per heavy atom. The summed E-state index contributed by atoms with van der Waals surface area (Å²) in [6.45, 7) is 9.61. The molecule has 0 radical (unpaired) electrons. The number of fused-ring (bicyclic) bond motifs is 1. The van der Waals surface area contributed by atoms with Gasteiger partial charge in [0.05, 0.1) is 24.2 Å². The number of anilines is 1. The molecule has 1 aliphatic rings. The zero-order valence-electron chi connectivity index (χ0n) is 18.4. The summed E-state index contributed by atoms with van der Waals surface area (Å²) in [5.41, 5.74) is 6.13. The van der Waals surface area contributed by atoms with Crippen molar-refractivity contribution in [2.24, 2.45) is 5.10 Å². The second-order valence-corrected chi connectivity index (χ2v) is 7.38. The molecule has 0 saturated heterocycles. The minimum Gasteiger partial charge on any atom is -0.496 e. The molecule has 158 valence electrons. The topological polar surface area (TPSA) is 66.4 Å². The van der Waals surface area contributed by atoms with Crippen molar-refractivity contribution in [1.29, 1.82) is 0 Å². The van der Waals surface area contributed by atoms with E-state index in [0.717, 1.165) is 39.4 Å². The van der Waals surface area contributed by atoms with Crippen LogP contribution in [0.15, 0.2) is 42.3 Å². The molecule has 1 aliphatic carbocycles. The van der Waals surface area contributed by atoms with E-state index in [1.165, 1.54) is 32.1 Å². The summed E-state index contributed by atoms with van der Waals surface area (Å²) >= 11 is 0. The van der Waals surface area contributed by atoms with Crippen molar-refractivity contribution in [3.05, 3.63) is 48.4 Å². The van der Waals surface area contributed by atoms with Crippen molar-refractivity contribution in [2.45, 2.75) is 52.9 Å². The van der Waals surface area contributed by atoms with E-state index in [2.05, 4.69) is 21.6 Å². The Morgan fingerprint density at radius 2 is 1.83 bits per heavy atom. The molecule has 0 spiro atoms. The number of hydrogen-bond acceptors (Lipinski definition) is 5. The predicted molar refractivity (Wildman–Crippen MR) is 125 cm³/mol. The third-order valence-electron chi connectivity index (χ3n) is 5.24. The fraction of sp³-hybridized carbons (Fsp3) is 0.375. The van der Waals surface area contributed by atoms with Crippen LogP contribution in [-0.2, 0) is 0 Å². The molecule has 2 heterocycles. The van der Waals surface area contributed by atoms with Gasteiger partial charge in [0.25, 0.3) is 0 Å². The second-order valence-electron chi connectivity index (χ2n) is 7.38. The number of hydrazone groups is 1. The zero-order chi connectivity index (χ0) is 21.5. The summed E-state index contributed by atoms with van der Waals surface area (Å²) in [5.74, 6) is 0.709. The lowest BCUT2D eigenvalue weighted by atomic mass is 10.1. The lowest BCUT2D eigenvalue weighted by Crippen LogP contribution is -2.07. The van der Waals surface area contributed by atoms with Gasteiger partial charge >= 0.3 is 0 Å². The largest absolute Gasteiger partial charge is 0.496 e. The first kappa shape index (κ1) is 21.6. The van der Waals surface area contributed by atoms with E-state index in [-0.39, 0.29) is 0 Å². The van der Waals surface area contributed by atoms with Crippen LogP contribution in [-0.4, -0.2) is 28.3 Å². The molecular formula is C24H31N5O. The molecule has 2 aromatic heterocycles. The molecule has 3 aromatic rings. The predicted octanol–water partition coefficient (Wildman–Crippen LogP) is 6.16. The van der Waals surface area contributed by atoms with Gasteiger partial charge in [0.15, 0.2) is 5.65 Å². The van der Waals surface area contributed by atoms with E-state index in [0.29, 0.717) is 5.75 Å². The number of aromatic nitrogens is 3. The maximum atomic E-state index is 5.60. The van der Waals surface area contributed by atoms with Crippen LogP contribution in [0.25, 0.3) is 22.4 Å². The fourth-order valence-electron chi connectivity index (χ4n) is 3.64. The highest BCUT2D eigenvalue weighted by atomic mass is 16.5. The van der Waals surface area contributed by atoms with Gasteiger partial charge in [-0.3, -0.25) is 0 Å². The van der Waals surface area contributed by atoms with Crippen LogP contribution in [0.2, 0.25) is 0 Å². The number of rotatable bonds is 5. The Balaban J connectivity index is 0.000000448. The van der Waals surface area contributed by atoms with Crippen LogP contribution in [0.5, 0.6) is 5.75 Å². The van der Waals surface area contributed by atoms with E-state index in [1.54, 1.807) is 24.5 Å². The molecule has 0 unspecified atom stereocenters. The van der Waals surface area contributed by atoms with Gasteiger partial charge in [-0.05, 0) is 38.5 Å². The van der Waals surface area contributed by atoms with E-state index in [4.69, 9.17) is 9.72 Å². The van der Waals surface area contributed by atoms with Crippen molar-refractivity contribution in [3.8, 4) is 17.0 Å². The summed E-state index contributed by atoms with van der Waals surface area (Å²) < 4.78 is 5.60. The third-order valence-corrected chi connectivity index (χ3v) is 5.24. The summed E-state index contributed by atoms with van der Waals surface area (Å²) in [6.07, 6.45) is 12.8. The molecule has 0 bridgehead atoms. The first-order valence-corrected chi connectivity index (χ1v) is 10.5. The highest BCUT2D eigenvalue weighted by Gasteiger charge is 2.16. The fourth-order valence-corrected chi connectivity index (χ4v) is 3.64. The van der Waals surface area contributed by atoms with Crippen LogP contribution in [0.4, 0.5) is 5.69 Å². The Kier molecular flexibility index (Phi) is 7.22. The van der Waals surface area contributed by atoms with Crippen LogP contribution >= 0.6 is 0 Å². The molecule has 0 aliphatic heterocycles. The van der Waals surface area contributed by atoms with Crippen molar-refractivity contribution < 1.29 is 4.74 Å². The molecule has 1 saturated carbocycles. The molecule has 6 nitrogen and oxygen atoms in total. The molecule has 1 N–H and O–H groups in total. The normalized spacial score (nSPS) is 13.3. The second kappa shape index (κ2) is 10.1. The van der Waals surface area contributed by atoms with E-state index >= 15 is 0 Å². The molecule has 4 rings (SSSR count). The Labute approximate surface area is 178 Å². The van der Waals surface area contributed by atoms with E-state index in [1.807, 2.05) is 45.2 Å². The van der Waals surface area contributed by atoms with Gasteiger partial charge in [0.1, 0.15) is 11.3 Å². The molecule has 1 fully saturated rings. The maximum absolute atomic E-state index is 5.60. The number of ether oxygens (including phenoxy) is 1. The molecular weight excluding hydrogens is 374 g/mol. The van der Waals surface area contributed by atoms with Crippen LogP contribution in [0.1, 0.15) is 50.3 Å². The molecule has 0 atom stereocenters. The third kappa shape index (κ3) is 4.70. The minimum atomic E-state index is 0.709. The smallest absolute Gasteiger partial charge is 0.156 e. The molecule has 30 heavy (non-hydrogen) atoms. The Bertz CT molecular complexity index is 1030. The number of nitrogens with zero attached hydrogens (tertiary/aromatic N) is 4.